The molecule has 0 aromatic heterocycles. The Balaban J connectivity index is 1.79. The maximum atomic E-state index is 13.3. The van der Waals surface area contributed by atoms with E-state index in [0.29, 0.717) is 23.2 Å². The number of amides is 3. The van der Waals surface area contributed by atoms with Crippen LogP contribution in [0.2, 0.25) is 0 Å². The van der Waals surface area contributed by atoms with Crippen LogP contribution in [0.5, 0.6) is 0 Å². The number of imide groups is 1. The number of carbonyl (C=O) groups excluding carboxylic acids is 3. The van der Waals surface area contributed by atoms with Gasteiger partial charge in [-0.3, -0.25) is 19.3 Å². The van der Waals surface area contributed by atoms with Crippen LogP contribution in [0.15, 0.2) is 42.5 Å². The largest absolute Gasteiger partial charge is 0.337 e. The quantitative estimate of drug-likeness (QED) is 0.734. The number of fused-ring (bicyclic) bond motifs is 1. The van der Waals surface area contributed by atoms with Crippen LogP contribution in [0, 0.1) is 5.82 Å². The van der Waals surface area contributed by atoms with Gasteiger partial charge in [-0.1, -0.05) is 25.5 Å². The summed E-state index contributed by atoms with van der Waals surface area (Å²) in [5.74, 6) is -1.32. The fraction of sp³-hybridized carbons (Fsp3) is 0.286. The third-order valence-electron chi connectivity index (χ3n) is 4.61. The molecule has 5 nitrogen and oxygen atoms in total. The monoisotopic (exact) mass is 368 g/mol. The lowest BCUT2D eigenvalue weighted by Crippen LogP contribution is -2.30. The molecule has 0 aliphatic carbocycles. The second-order valence-corrected chi connectivity index (χ2v) is 6.67. The Labute approximate surface area is 157 Å². The first kappa shape index (κ1) is 18.8. The molecule has 0 atom stereocenters. The molecule has 0 N–H and O–H groups in total. The highest BCUT2D eigenvalue weighted by molar-refractivity contribution is 6.22. The normalized spacial score (nSPS) is 13.1. The molecule has 3 amide bonds. The molecule has 0 radical (unpaired) electrons. The highest BCUT2D eigenvalue weighted by Gasteiger charge is 2.35. The standard InChI is InChI=1S/C21H21FN2O3/c1-3-4-10-24-20(26)17-9-8-15(12-18(17)21(24)27)19(25)23(2)13-14-6-5-7-16(22)11-14/h5-9,11-12H,3-4,10,13H2,1-2H3. The summed E-state index contributed by atoms with van der Waals surface area (Å²) in [6.07, 6.45) is 1.62. The van der Waals surface area contributed by atoms with Gasteiger partial charge in [0.25, 0.3) is 17.7 Å². The lowest BCUT2D eigenvalue weighted by atomic mass is 10.0. The van der Waals surface area contributed by atoms with Crippen LogP contribution in [-0.2, 0) is 6.54 Å². The lowest BCUT2D eigenvalue weighted by molar-refractivity contribution is 0.0652. The first-order chi connectivity index (χ1) is 12.9. The van der Waals surface area contributed by atoms with Crippen molar-refractivity contribution in [3.63, 3.8) is 0 Å². The zero-order valence-electron chi connectivity index (χ0n) is 15.4. The highest BCUT2D eigenvalue weighted by Crippen LogP contribution is 2.25. The summed E-state index contributed by atoms with van der Waals surface area (Å²) < 4.78 is 13.3. The maximum Gasteiger partial charge on any atom is 0.261 e. The molecule has 2 aromatic carbocycles. The van der Waals surface area contributed by atoms with E-state index in [2.05, 4.69) is 0 Å². The van der Waals surface area contributed by atoms with E-state index >= 15 is 0 Å². The Morgan fingerprint density at radius 2 is 1.81 bits per heavy atom. The zero-order chi connectivity index (χ0) is 19.6. The number of hydrogen-bond donors (Lipinski definition) is 0. The second kappa shape index (κ2) is 7.70. The molecule has 27 heavy (non-hydrogen) atoms. The second-order valence-electron chi connectivity index (χ2n) is 6.67. The van der Waals surface area contributed by atoms with Gasteiger partial charge in [-0.25, -0.2) is 4.39 Å². The van der Waals surface area contributed by atoms with Crippen molar-refractivity contribution in [2.45, 2.75) is 26.3 Å². The zero-order valence-corrected chi connectivity index (χ0v) is 15.4. The van der Waals surface area contributed by atoms with Crippen molar-refractivity contribution in [2.24, 2.45) is 0 Å². The number of nitrogens with zero attached hydrogens (tertiary/aromatic N) is 2. The third-order valence-corrected chi connectivity index (χ3v) is 4.61. The van der Waals surface area contributed by atoms with Crippen molar-refractivity contribution in [3.8, 4) is 0 Å². The van der Waals surface area contributed by atoms with Crippen molar-refractivity contribution in [3.05, 3.63) is 70.5 Å². The first-order valence-corrected chi connectivity index (χ1v) is 8.92. The molecule has 0 fully saturated rings. The van der Waals surface area contributed by atoms with Crippen molar-refractivity contribution < 1.29 is 18.8 Å². The van der Waals surface area contributed by atoms with Crippen LogP contribution in [0.25, 0.3) is 0 Å². The molecular weight excluding hydrogens is 347 g/mol. The van der Waals surface area contributed by atoms with Crippen LogP contribution < -0.4 is 0 Å². The summed E-state index contributed by atoms with van der Waals surface area (Å²) in [6, 6.07) is 10.6. The Hall–Kier alpha value is -3.02. The average molecular weight is 368 g/mol. The van der Waals surface area contributed by atoms with Gasteiger partial charge in [0.2, 0.25) is 0 Å². The molecule has 1 aliphatic heterocycles. The van der Waals surface area contributed by atoms with Crippen molar-refractivity contribution >= 4 is 17.7 Å². The summed E-state index contributed by atoms with van der Waals surface area (Å²) in [5.41, 5.74) is 1.59. The maximum absolute atomic E-state index is 13.3. The van der Waals surface area contributed by atoms with Gasteiger partial charge in [0, 0.05) is 25.7 Å². The predicted molar refractivity (Wildman–Crippen MR) is 98.9 cm³/mol. The van der Waals surface area contributed by atoms with Crippen LogP contribution in [-0.4, -0.2) is 41.1 Å². The number of halogens is 1. The molecule has 3 rings (SSSR count). The van der Waals surface area contributed by atoms with E-state index in [1.54, 1.807) is 25.2 Å². The van der Waals surface area contributed by atoms with E-state index in [-0.39, 0.29) is 35.6 Å². The number of benzene rings is 2. The Morgan fingerprint density at radius 1 is 1.07 bits per heavy atom. The lowest BCUT2D eigenvalue weighted by Gasteiger charge is -2.17. The molecule has 6 heteroatoms. The number of unbranched alkanes of at least 4 members (excludes halogenated alkanes) is 1. The Bertz CT molecular complexity index is 910. The van der Waals surface area contributed by atoms with Gasteiger partial charge in [0.15, 0.2) is 0 Å². The number of hydrogen-bond acceptors (Lipinski definition) is 3. The summed E-state index contributed by atoms with van der Waals surface area (Å²) in [7, 11) is 1.61. The van der Waals surface area contributed by atoms with Gasteiger partial charge >= 0.3 is 0 Å². The van der Waals surface area contributed by atoms with Gasteiger partial charge < -0.3 is 4.90 Å². The molecule has 2 aromatic rings. The fourth-order valence-electron chi connectivity index (χ4n) is 3.14. The summed E-state index contributed by atoms with van der Waals surface area (Å²) in [5, 5.41) is 0. The van der Waals surface area contributed by atoms with Crippen LogP contribution in [0.3, 0.4) is 0 Å². The van der Waals surface area contributed by atoms with E-state index in [0.717, 1.165) is 12.8 Å². The van der Waals surface area contributed by atoms with Crippen LogP contribution in [0.1, 0.15) is 56.4 Å². The molecule has 1 heterocycles. The molecule has 0 saturated heterocycles. The predicted octanol–water partition coefficient (Wildman–Crippen LogP) is 3.49. The summed E-state index contributed by atoms with van der Waals surface area (Å²) >= 11 is 0. The average Bonchev–Trinajstić information content (AvgIpc) is 2.89. The van der Waals surface area contributed by atoms with Gasteiger partial charge in [0.1, 0.15) is 5.82 Å². The smallest absolute Gasteiger partial charge is 0.261 e. The van der Waals surface area contributed by atoms with Gasteiger partial charge in [-0.15, -0.1) is 0 Å². The van der Waals surface area contributed by atoms with Crippen molar-refractivity contribution in [1.82, 2.24) is 9.80 Å². The van der Waals surface area contributed by atoms with E-state index < -0.39 is 0 Å². The molecule has 1 aliphatic rings. The number of rotatable bonds is 6. The van der Waals surface area contributed by atoms with E-state index in [4.69, 9.17) is 0 Å². The van der Waals surface area contributed by atoms with E-state index in [1.807, 2.05) is 6.92 Å². The number of carbonyl (C=O) groups is 3. The molecular formula is C21H21FN2O3. The minimum Gasteiger partial charge on any atom is -0.337 e. The minimum absolute atomic E-state index is 0.239. The third kappa shape index (κ3) is 3.74. The molecule has 0 bridgehead atoms. The Kier molecular flexibility index (Phi) is 5.35. The topological polar surface area (TPSA) is 57.7 Å². The van der Waals surface area contributed by atoms with Crippen LogP contribution >= 0.6 is 0 Å². The molecule has 0 spiro atoms. The summed E-state index contributed by atoms with van der Waals surface area (Å²) in [4.78, 5) is 40.3. The van der Waals surface area contributed by atoms with Crippen LogP contribution in [0.4, 0.5) is 4.39 Å². The molecule has 0 saturated carbocycles. The van der Waals surface area contributed by atoms with E-state index in [9.17, 15) is 18.8 Å². The SMILES string of the molecule is CCCCN1C(=O)c2ccc(C(=O)N(C)Cc3cccc(F)c3)cc2C1=O. The highest BCUT2D eigenvalue weighted by atomic mass is 19.1. The van der Waals surface area contributed by atoms with Gasteiger partial charge in [0.05, 0.1) is 11.1 Å². The summed E-state index contributed by atoms with van der Waals surface area (Å²) in [6.45, 7) is 2.61. The minimum atomic E-state index is -0.359. The molecule has 0 unspecified atom stereocenters. The van der Waals surface area contributed by atoms with Crippen molar-refractivity contribution in [2.75, 3.05) is 13.6 Å². The first-order valence-electron chi connectivity index (χ1n) is 8.92. The van der Waals surface area contributed by atoms with Crippen molar-refractivity contribution in [1.29, 1.82) is 0 Å². The molecule has 140 valence electrons. The Morgan fingerprint density at radius 3 is 2.52 bits per heavy atom. The van der Waals surface area contributed by atoms with Gasteiger partial charge in [-0.2, -0.15) is 0 Å². The van der Waals surface area contributed by atoms with E-state index in [1.165, 1.54) is 34.1 Å². The van der Waals surface area contributed by atoms with Gasteiger partial charge in [-0.05, 0) is 42.3 Å². The fourth-order valence-corrected chi connectivity index (χ4v) is 3.14.